The molecule has 0 saturated carbocycles. The lowest BCUT2D eigenvalue weighted by Crippen LogP contribution is -2.51. The maximum atomic E-state index is 11.6. The quantitative estimate of drug-likeness (QED) is 0.786. The SMILES string of the molecule is Cc1cc(CN2C3CCCC2CC(=O)C3)on1. The van der Waals surface area contributed by atoms with Crippen molar-refractivity contribution >= 4 is 5.78 Å². The molecule has 0 aromatic carbocycles. The van der Waals surface area contributed by atoms with Crippen LogP contribution in [0.2, 0.25) is 0 Å². The van der Waals surface area contributed by atoms with Crippen LogP contribution in [0.25, 0.3) is 0 Å². The first-order valence-electron chi connectivity index (χ1n) is 6.42. The van der Waals surface area contributed by atoms with E-state index >= 15 is 0 Å². The Labute approximate surface area is 101 Å². The molecule has 2 bridgehead atoms. The van der Waals surface area contributed by atoms with Crippen LogP contribution in [0.5, 0.6) is 0 Å². The van der Waals surface area contributed by atoms with Crippen LogP contribution in [-0.4, -0.2) is 27.9 Å². The van der Waals surface area contributed by atoms with Crippen LogP contribution in [0.1, 0.15) is 43.6 Å². The van der Waals surface area contributed by atoms with Crippen molar-refractivity contribution in [1.29, 1.82) is 0 Å². The standard InChI is InChI=1S/C13H18N2O2/c1-9-5-13(17-14-9)8-15-10-3-2-4-11(15)7-12(16)6-10/h5,10-11H,2-4,6-8H2,1H3. The minimum Gasteiger partial charge on any atom is -0.360 e. The summed E-state index contributed by atoms with van der Waals surface area (Å²) in [6.45, 7) is 2.75. The first-order chi connectivity index (χ1) is 8.22. The average Bonchev–Trinajstić information content (AvgIpc) is 2.65. The van der Waals surface area contributed by atoms with Crippen LogP contribution in [0, 0.1) is 6.92 Å². The summed E-state index contributed by atoms with van der Waals surface area (Å²) in [5, 5.41) is 3.92. The van der Waals surface area contributed by atoms with Crippen molar-refractivity contribution in [3.05, 3.63) is 17.5 Å². The number of fused-ring (bicyclic) bond motifs is 2. The van der Waals surface area contributed by atoms with Gasteiger partial charge in [-0.25, -0.2) is 0 Å². The average molecular weight is 234 g/mol. The van der Waals surface area contributed by atoms with Gasteiger partial charge in [0.1, 0.15) is 5.78 Å². The van der Waals surface area contributed by atoms with E-state index in [1.54, 1.807) is 0 Å². The molecule has 2 saturated heterocycles. The van der Waals surface area contributed by atoms with E-state index in [1.165, 1.54) is 6.42 Å². The molecule has 3 rings (SSSR count). The number of aromatic nitrogens is 1. The fourth-order valence-corrected chi connectivity index (χ4v) is 3.20. The highest BCUT2D eigenvalue weighted by Crippen LogP contribution is 2.33. The van der Waals surface area contributed by atoms with Gasteiger partial charge in [0.05, 0.1) is 12.2 Å². The lowest BCUT2D eigenvalue weighted by molar-refractivity contribution is -0.127. The molecule has 4 heteroatoms. The Balaban J connectivity index is 1.76. The van der Waals surface area contributed by atoms with E-state index in [-0.39, 0.29) is 0 Å². The largest absolute Gasteiger partial charge is 0.360 e. The molecule has 0 amide bonds. The zero-order valence-corrected chi connectivity index (χ0v) is 10.2. The molecule has 2 atom stereocenters. The molecule has 2 aliphatic heterocycles. The normalized spacial score (nSPS) is 29.6. The van der Waals surface area contributed by atoms with Crippen molar-refractivity contribution in [2.45, 2.75) is 57.7 Å². The second-order valence-electron chi connectivity index (χ2n) is 5.29. The second kappa shape index (κ2) is 4.26. The second-order valence-corrected chi connectivity index (χ2v) is 5.29. The third kappa shape index (κ3) is 2.14. The summed E-state index contributed by atoms with van der Waals surface area (Å²) in [5.41, 5.74) is 0.929. The summed E-state index contributed by atoms with van der Waals surface area (Å²) in [4.78, 5) is 14.1. The van der Waals surface area contributed by atoms with E-state index < -0.39 is 0 Å². The van der Waals surface area contributed by atoms with Gasteiger partial charge in [0.15, 0.2) is 5.76 Å². The Hall–Kier alpha value is -1.16. The van der Waals surface area contributed by atoms with Crippen LogP contribution in [0.15, 0.2) is 10.6 Å². The Kier molecular flexibility index (Phi) is 2.74. The lowest BCUT2D eigenvalue weighted by atomic mass is 9.84. The summed E-state index contributed by atoms with van der Waals surface area (Å²) in [7, 11) is 0. The summed E-state index contributed by atoms with van der Waals surface area (Å²) in [6, 6.07) is 2.85. The van der Waals surface area contributed by atoms with Gasteiger partial charge in [-0.1, -0.05) is 11.6 Å². The van der Waals surface area contributed by atoms with Gasteiger partial charge in [-0.2, -0.15) is 0 Å². The lowest BCUT2D eigenvalue weighted by Gasteiger charge is -2.44. The monoisotopic (exact) mass is 234 g/mol. The molecule has 0 N–H and O–H groups in total. The fourth-order valence-electron chi connectivity index (χ4n) is 3.20. The van der Waals surface area contributed by atoms with Crippen molar-refractivity contribution < 1.29 is 9.32 Å². The Morgan fingerprint density at radius 2 is 2.12 bits per heavy atom. The number of hydrogen-bond donors (Lipinski definition) is 0. The number of aryl methyl sites for hydroxylation is 1. The molecule has 0 radical (unpaired) electrons. The molecule has 2 unspecified atom stereocenters. The molecule has 1 aromatic rings. The van der Waals surface area contributed by atoms with Crippen molar-refractivity contribution in [1.82, 2.24) is 10.1 Å². The Morgan fingerprint density at radius 1 is 1.41 bits per heavy atom. The van der Waals surface area contributed by atoms with Crippen LogP contribution >= 0.6 is 0 Å². The van der Waals surface area contributed by atoms with Gasteiger partial charge >= 0.3 is 0 Å². The smallest absolute Gasteiger partial charge is 0.150 e. The molecule has 0 spiro atoms. The predicted octanol–water partition coefficient (Wildman–Crippen LogP) is 2.07. The molecule has 0 aliphatic carbocycles. The third-order valence-corrected chi connectivity index (χ3v) is 3.95. The third-order valence-electron chi connectivity index (χ3n) is 3.95. The number of carbonyl (C=O) groups excluding carboxylic acids is 1. The summed E-state index contributed by atoms with van der Waals surface area (Å²) >= 11 is 0. The summed E-state index contributed by atoms with van der Waals surface area (Å²) in [5.74, 6) is 1.36. The molecular weight excluding hydrogens is 216 g/mol. The van der Waals surface area contributed by atoms with Gasteiger partial charge in [0.2, 0.25) is 0 Å². The van der Waals surface area contributed by atoms with Gasteiger partial charge in [-0.3, -0.25) is 9.69 Å². The first-order valence-corrected chi connectivity index (χ1v) is 6.42. The highest BCUT2D eigenvalue weighted by atomic mass is 16.5. The number of rotatable bonds is 2. The van der Waals surface area contributed by atoms with Gasteiger partial charge < -0.3 is 4.52 Å². The van der Waals surface area contributed by atoms with Crippen LogP contribution in [0.3, 0.4) is 0 Å². The Bertz CT molecular complexity index is 411. The molecular formula is C13H18N2O2. The molecule has 92 valence electrons. The summed E-state index contributed by atoms with van der Waals surface area (Å²) in [6.07, 6.45) is 5.01. The van der Waals surface area contributed by atoms with Crippen LogP contribution < -0.4 is 0 Å². The molecule has 2 aliphatic rings. The van der Waals surface area contributed by atoms with Gasteiger partial charge in [-0.05, 0) is 19.8 Å². The van der Waals surface area contributed by atoms with E-state index in [0.717, 1.165) is 43.7 Å². The van der Waals surface area contributed by atoms with Crippen LogP contribution in [0.4, 0.5) is 0 Å². The van der Waals surface area contributed by atoms with E-state index in [2.05, 4.69) is 10.1 Å². The van der Waals surface area contributed by atoms with E-state index in [4.69, 9.17) is 4.52 Å². The number of Topliss-reactive ketones (excluding diaryl/α,β-unsaturated/α-hetero) is 1. The van der Waals surface area contributed by atoms with Gasteiger partial charge in [0.25, 0.3) is 0 Å². The van der Waals surface area contributed by atoms with Crippen LogP contribution in [-0.2, 0) is 11.3 Å². The zero-order chi connectivity index (χ0) is 11.8. The topological polar surface area (TPSA) is 46.3 Å². The first kappa shape index (κ1) is 11.0. The highest BCUT2D eigenvalue weighted by Gasteiger charge is 2.37. The summed E-state index contributed by atoms with van der Waals surface area (Å²) < 4.78 is 5.28. The van der Waals surface area contributed by atoms with Crippen molar-refractivity contribution in [2.75, 3.05) is 0 Å². The number of ketones is 1. The zero-order valence-electron chi connectivity index (χ0n) is 10.2. The van der Waals surface area contributed by atoms with E-state index in [9.17, 15) is 4.79 Å². The van der Waals surface area contributed by atoms with Gasteiger partial charge in [-0.15, -0.1) is 0 Å². The number of carbonyl (C=O) groups is 1. The number of piperidine rings is 2. The fraction of sp³-hybridized carbons (Fsp3) is 0.692. The molecule has 17 heavy (non-hydrogen) atoms. The predicted molar refractivity (Wildman–Crippen MR) is 62.5 cm³/mol. The molecule has 1 aromatic heterocycles. The van der Waals surface area contributed by atoms with Crippen molar-refractivity contribution in [3.63, 3.8) is 0 Å². The van der Waals surface area contributed by atoms with E-state index in [1.807, 2.05) is 13.0 Å². The number of hydrogen-bond acceptors (Lipinski definition) is 4. The number of nitrogens with zero attached hydrogens (tertiary/aromatic N) is 2. The molecule has 3 heterocycles. The highest BCUT2D eigenvalue weighted by molar-refractivity contribution is 5.80. The van der Waals surface area contributed by atoms with Crippen molar-refractivity contribution in [2.24, 2.45) is 0 Å². The minimum atomic E-state index is 0.431. The van der Waals surface area contributed by atoms with E-state index in [0.29, 0.717) is 17.9 Å². The molecule has 2 fully saturated rings. The molecule has 4 nitrogen and oxygen atoms in total. The maximum absolute atomic E-state index is 11.6. The maximum Gasteiger partial charge on any atom is 0.150 e. The minimum absolute atomic E-state index is 0.431. The van der Waals surface area contributed by atoms with Crippen molar-refractivity contribution in [3.8, 4) is 0 Å². The van der Waals surface area contributed by atoms with Gasteiger partial charge in [0, 0.05) is 31.0 Å². The Morgan fingerprint density at radius 3 is 2.71 bits per heavy atom.